The number of allylic oxidation sites excluding steroid dienone is 2. The molecular weight excluding hydrogens is 392 g/mol. The van der Waals surface area contributed by atoms with E-state index in [-0.39, 0.29) is 41.4 Å². The minimum Gasteiger partial charge on any atom is -0.512 e. The van der Waals surface area contributed by atoms with Gasteiger partial charge in [0.1, 0.15) is 11.6 Å². The summed E-state index contributed by atoms with van der Waals surface area (Å²) in [6.07, 6.45) is -3.25. The molecule has 148 valence electrons. The van der Waals surface area contributed by atoms with E-state index in [1.165, 1.54) is 42.1 Å². The second-order valence-corrected chi connectivity index (χ2v) is 7.83. The van der Waals surface area contributed by atoms with Crippen molar-refractivity contribution in [3.63, 3.8) is 0 Å². The highest BCUT2D eigenvalue weighted by Crippen LogP contribution is 2.36. The molecule has 0 saturated heterocycles. The van der Waals surface area contributed by atoms with Crippen LogP contribution in [0.5, 0.6) is 0 Å². The molecule has 2 aromatic carbocycles. The predicted molar refractivity (Wildman–Crippen MR) is 100 cm³/mol. The Hall–Kier alpha value is -2.28. The summed E-state index contributed by atoms with van der Waals surface area (Å²) in [4.78, 5) is 13.1. The van der Waals surface area contributed by atoms with Gasteiger partial charge in [-0.2, -0.15) is 13.2 Å². The predicted octanol–water partition coefficient (Wildman–Crippen LogP) is 6.28. The number of ketones is 1. The summed E-state index contributed by atoms with van der Waals surface area (Å²) in [5.41, 5.74) is -0.530. The molecular formula is C21H18F4O2S. The number of aliphatic hydroxyl groups excluding tert-OH is 1. The molecule has 1 aliphatic rings. The monoisotopic (exact) mass is 410 g/mol. The van der Waals surface area contributed by atoms with Crippen molar-refractivity contribution in [3.05, 3.63) is 71.2 Å². The van der Waals surface area contributed by atoms with Gasteiger partial charge >= 0.3 is 6.18 Å². The largest absolute Gasteiger partial charge is 0.512 e. The third-order valence-electron chi connectivity index (χ3n) is 4.64. The number of alkyl halides is 3. The van der Waals surface area contributed by atoms with Gasteiger partial charge in [0.2, 0.25) is 0 Å². The summed E-state index contributed by atoms with van der Waals surface area (Å²) in [5, 5.41) is 10.3. The van der Waals surface area contributed by atoms with E-state index in [0.717, 1.165) is 12.1 Å². The van der Waals surface area contributed by atoms with Crippen LogP contribution in [-0.2, 0) is 11.0 Å². The minimum atomic E-state index is -4.36. The van der Waals surface area contributed by atoms with Crippen LogP contribution >= 0.6 is 11.8 Å². The van der Waals surface area contributed by atoms with Gasteiger partial charge in [-0.3, -0.25) is 4.79 Å². The molecule has 1 aliphatic carbocycles. The van der Waals surface area contributed by atoms with Gasteiger partial charge in [0.05, 0.1) is 11.1 Å². The lowest BCUT2D eigenvalue weighted by molar-refractivity contribution is -0.137. The average molecular weight is 410 g/mol. The highest BCUT2D eigenvalue weighted by molar-refractivity contribution is 7.99. The SMILES string of the molecule is O=C1CC(CCSc2ccc(C(F)(F)F)cc2)CC(O)=C1c1ccccc1F. The lowest BCUT2D eigenvalue weighted by atomic mass is 9.83. The van der Waals surface area contributed by atoms with E-state index in [0.29, 0.717) is 17.1 Å². The number of hydrogen-bond donors (Lipinski definition) is 1. The summed E-state index contributed by atoms with van der Waals surface area (Å²) in [6.45, 7) is 0. The molecule has 0 bridgehead atoms. The molecule has 28 heavy (non-hydrogen) atoms. The summed E-state index contributed by atoms with van der Waals surface area (Å²) >= 11 is 1.40. The van der Waals surface area contributed by atoms with Crippen molar-refractivity contribution < 1.29 is 27.5 Å². The maximum atomic E-state index is 13.9. The number of rotatable bonds is 5. The molecule has 0 radical (unpaired) electrons. The van der Waals surface area contributed by atoms with Gasteiger partial charge in [0.15, 0.2) is 5.78 Å². The van der Waals surface area contributed by atoms with Gasteiger partial charge in [0, 0.05) is 23.3 Å². The Morgan fingerprint density at radius 1 is 1.04 bits per heavy atom. The van der Waals surface area contributed by atoms with E-state index < -0.39 is 17.6 Å². The topological polar surface area (TPSA) is 37.3 Å². The Balaban J connectivity index is 1.59. The zero-order valence-corrected chi connectivity index (χ0v) is 15.6. The first-order valence-electron chi connectivity index (χ1n) is 8.76. The lowest BCUT2D eigenvalue weighted by Crippen LogP contribution is -2.20. The fraction of sp³-hybridized carbons (Fsp3) is 0.286. The highest BCUT2D eigenvalue weighted by Gasteiger charge is 2.31. The van der Waals surface area contributed by atoms with Gasteiger partial charge < -0.3 is 5.11 Å². The molecule has 0 spiro atoms. The summed E-state index contributed by atoms with van der Waals surface area (Å²) in [7, 11) is 0. The molecule has 1 atom stereocenters. The minimum absolute atomic E-state index is 0.0461. The van der Waals surface area contributed by atoms with Crippen LogP contribution in [0.1, 0.15) is 30.4 Å². The van der Waals surface area contributed by atoms with Gasteiger partial charge in [-0.15, -0.1) is 11.8 Å². The number of carbonyl (C=O) groups is 1. The summed E-state index contributed by atoms with van der Waals surface area (Å²) < 4.78 is 51.7. The van der Waals surface area contributed by atoms with Crippen molar-refractivity contribution in [2.75, 3.05) is 5.75 Å². The van der Waals surface area contributed by atoms with Gasteiger partial charge in [-0.05, 0) is 48.4 Å². The van der Waals surface area contributed by atoms with E-state index >= 15 is 0 Å². The molecule has 0 amide bonds. The molecule has 7 heteroatoms. The first-order valence-corrected chi connectivity index (χ1v) is 9.74. The molecule has 0 aromatic heterocycles. The van der Waals surface area contributed by atoms with E-state index in [1.807, 2.05) is 0 Å². The molecule has 0 heterocycles. The lowest BCUT2D eigenvalue weighted by Gasteiger charge is -2.23. The number of carbonyl (C=O) groups excluding carboxylic acids is 1. The van der Waals surface area contributed by atoms with Crippen LogP contribution in [0.15, 0.2) is 59.2 Å². The van der Waals surface area contributed by atoms with Gasteiger partial charge in [-0.25, -0.2) is 4.39 Å². The number of thioether (sulfide) groups is 1. The standard InChI is InChI=1S/C21H18F4O2S/c22-17-4-2-1-3-16(17)20-18(26)11-13(12-19(20)27)9-10-28-15-7-5-14(6-8-15)21(23,24)25/h1-8,13,26H,9-12H2. The van der Waals surface area contributed by atoms with Crippen LogP contribution in [0.2, 0.25) is 0 Å². The maximum absolute atomic E-state index is 13.9. The van der Waals surface area contributed by atoms with Crippen molar-refractivity contribution in [2.45, 2.75) is 30.3 Å². The summed E-state index contributed by atoms with van der Waals surface area (Å²) in [6, 6.07) is 10.8. The number of hydrogen-bond acceptors (Lipinski definition) is 3. The fourth-order valence-corrected chi connectivity index (χ4v) is 4.25. The van der Waals surface area contributed by atoms with Crippen LogP contribution in [0.4, 0.5) is 17.6 Å². The van der Waals surface area contributed by atoms with Crippen molar-refractivity contribution in [3.8, 4) is 0 Å². The Morgan fingerprint density at radius 3 is 2.32 bits per heavy atom. The first kappa shape index (κ1) is 20.5. The highest BCUT2D eigenvalue weighted by atomic mass is 32.2. The molecule has 0 saturated carbocycles. The zero-order chi connectivity index (χ0) is 20.3. The first-order chi connectivity index (χ1) is 13.3. The molecule has 0 aliphatic heterocycles. The smallest absolute Gasteiger partial charge is 0.416 e. The van der Waals surface area contributed by atoms with Crippen molar-refractivity contribution in [1.29, 1.82) is 0 Å². The van der Waals surface area contributed by atoms with Crippen LogP contribution < -0.4 is 0 Å². The second-order valence-electron chi connectivity index (χ2n) is 6.66. The molecule has 2 aromatic rings. The van der Waals surface area contributed by atoms with Crippen LogP contribution in [0, 0.1) is 11.7 Å². The van der Waals surface area contributed by atoms with E-state index in [2.05, 4.69) is 0 Å². The van der Waals surface area contributed by atoms with Crippen molar-refractivity contribution in [2.24, 2.45) is 5.92 Å². The molecule has 0 fully saturated rings. The number of Topliss-reactive ketones (excluding diaryl/α,β-unsaturated/α-hetero) is 1. The third-order valence-corrected chi connectivity index (χ3v) is 5.69. The maximum Gasteiger partial charge on any atom is 0.416 e. The van der Waals surface area contributed by atoms with Gasteiger partial charge in [0.25, 0.3) is 0 Å². The molecule has 2 nitrogen and oxygen atoms in total. The van der Waals surface area contributed by atoms with Crippen LogP contribution in [0.25, 0.3) is 5.57 Å². The van der Waals surface area contributed by atoms with Crippen LogP contribution in [-0.4, -0.2) is 16.6 Å². The second kappa shape index (κ2) is 8.39. The normalized spacial score (nSPS) is 17.9. The number of aliphatic hydroxyl groups is 1. The summed E-state index contributed by atoms with van der Waals surface area (Å²) in [5.74, 6) is -0.422. The Labute approximate surface area is 164 Å². The van der Waals surface area contributed by atoms with Gasteiger partial charge in [-0.1, -0.05) is 18.2 Å². The van der Waals surface area contributed by atoms with E-state index in [9.17, 15) is 27.5 Å². The number of benzene rings is 2. The quantitative estimate of drug-likeness (QED) is 0.466. The molecule has 1 unspecified atom stereocenters. The Morgan fingerprint density at radius 2 is 1.71 bits per heavy atom. The zero-order valence-electron chi connectivity index (χ0n) is 14.8. The van der Waals surface area contributed by atoms with E-state index in [4.69, 9.17) is 0 Å². The van der Waals surface area contributed by atoms with E-state index in [1.54, 1.807) is 6.07 Å². The Kier molecular flexibility index (Phi) is 6.13. The number of halogens is 4. The van der Waals surface area contributed by atoms with Crippen LogP contribution in [0.3, 0.4) is 0 Å². The third kappa shape index (κ3) is 4.76. The Bertz CT molecular complexity index is 888. The van der Waals surface area contributed by atoms with Crippen molar-refractivity contribution >= 4 is 23.1 Å². The average Bonchev–Trinajstić information content (AvgIpc) is 2.62. The molecule has 1 N–H and O–H groups in total. The van der Waals surface area contributed by atoms with Crippen molar-refractivity contribution in [1.82, 2.24) is 0 Å². The fourth-order valence-electron chi connectivity index (χ4n) is 3.23. The molecule has 3 rings (SSSR count).